The smallest absolute Gasteiger partial charge is 0.345 e. The van der Waals surface area contributed by atoms with Crippen molar-refractivity contribution in [2.75, 3.05) is 18.9 Å². The molecule has 0 bridgehead atoms. The third-order valence-electron chi connectivity index (χ3n) is 3.70. The number of hydrogen-bond acceptors (Lipinski definition) is 4. The third-order valence-corrected chi connectivity index (χ3v) is 4.76. The van der Waals surface area contributed by atoms with Crippen LogP contribution in [-0.2, 0) is 4.79 Å². The zero-order chi connectivity index (χ0) is 18.7. The standard InChI is InChI=1S/C18H20N2O4S/c1-10-7-11(2)16(12(3)8-10)19-15(21)9-20(4)17(22)13-5-6-14(25-13)18(23)24/h5-8H,9H2,1-4H3,(H,19,21)(H,23,24). The lowest BCUT2D eigenvalue weighted by molar-refractivity contribution is -0.116. The summed E-state index contributed by atoms with van der Waals surface area (Å²) in [6, 6.07) is 6.80. The molecule has 0 spiro atoms. The monoisotopic (exact) mass is 360 g/mol. The lowest BCUT2D eigenvalue weighted by Crippen LogP contribution is -2.34. The van der Waals surface area contributed by atoms with Crippen molar-refractivity contribution in [2.24, 2.45) is 0 Å². The highest BCUT2D eigenvalue weighted by molar-refractivity contribution is 7.15. The SMILES string of the molecule is Cc1cc(C)c(NC(=O)CN(C)C(=O)c2ccc(C(=O)O)s2)c(C)c1. The fourth-order valence-electron chi connectivity index (χ4n) is 2.60. The Morgan fingerprint density at radius 2 is 1.64 bits per heavy atom. The van der Waals surface area contributed by atoms with Crippen molar-refractivity contribution >= 4 is 34.8 Å². The average Bonchev–Trinajstić information content (AvgIpc) is 3.00. The summed E-state index contributed by atoms with van der Waals surface area (Å²) in [5, 5.41) is 11.8. The number of nitrogens with one attached hydrogen (secondary N) is 1. The quantitative estimate of drug-likeness (QED) is 0.858. The number of aromatic carboxylic acids is 1. The summed E-state index contributed by atoms with van der Waals surface area (Å²) >= 11 is 0.893. The van der Waals surface area contributed by atoms with Crippen LogP contribution in [0.3, 0.4) is 0 Å². The van der Waals surface area contributed by atoms with Crippen LogP contribution >= 0.6 is 11.3 Å². The number of amides is 2. The van der Waals surface area contributed by atoms with Crippen LogP contribution < -0.4 is 5.32 Å². The van der Waals surface area contributed by atoms with Crippen molar-refractivity contribution in [3.8, 4) is 0 Å². The van der Waals surface area contributed by atoms with Gasteiger partial charge in [0.1, 0.15) is 4.88 Å². The molecule has 0 unspecified atom stereocenters. The number of nitrogens with zero attached hydrogens (tertiary/aromatic N) is 1. The minimum atomic E-state index is -1.07. The minimum absolute atomic E-state index is 0.0899. The van der Waals surface area contributed by atoms with Gasteiger partial charge in [-0.05, 0) is 44.0 Å². The molecule has 2 aromatic rings. The van der Waals surface area contributed by atoms with Gasteiger partial charge >= 0.3 is 5.97 Å². The summed E-state index contributed by atoms with van der Waals surface area (Å²) in [5.74, 6) is -1.76. The molecule has 0 saturated heterocycles. The zero-order valence-corrected chi connectivity index (χ0v) is 15.4. The van der Waals surface area contributed by atoms with Gasteiger partial charge in [0.05, 0.1) is 11.4 Å². The third kappa shape index (κ3) is 4.45. The van der Waals surface area contributed by atoms with Crippen LogP contribution in [0.5, 0.6) is 0 Å². The average molecular weight is 360 g/mol. The first-order valence-corrected chi connectivity index (χ1v) is 8.47. The van der Waals surface area contributed by atoms with Gasteiger partial charge in [-0.1, -0.05) is 17.7 Å². The Kier molecular flexibility index (Phi) is 5.58. The highest BCUT2D eigenvalue weighted by Gasteiger charge is 2.19. The van der Waals surface area contributed by atoms with E-state index in [1.54, 1.807) is 0 Å². The molecule has 1 heterocycles. The summed E-state index contributed by atoms with van der Waals surface area (Å²) < 4.78 is 0. The van der Waals surface area contributed by atoms with E-state index in [-0.39, 0.29) is 28.1 Å². The summed E-state index contributed by atoms with van der Waals surface area (Å²) in [6.45, 7) is 5.71. The number of carboxylic acid groups (broad SMARTS) is 1. The van der Waals surface area contributed by atoms with Gasteiger partial charge in [-0.25, -0.2) is 4.79 Å². The van der Waals surface area contributed by atoms with Gasteiger partial charge in [0.25, 0.3) is 5.91 Å². The van der Waals surface area contributed by atoms with E-state index in [0.717, 1.165) is 33.7 Å². The topological polar surface area (TPSA) is 86.7 Å². The number of rotatable bonds is 5. The number of aryl methyl sites for hydroxylation is 3. The van der Waals surface area contributed by atoms with Crippen LogP contribution in [0.25, 0.3) is 0 Å². The van der Waals surface area contributed by atoms with E-state index in [1.165, 1.54) is 24.1 Å². The summed E-state index contributed by atoms with van der Waals surface area (Å²) in [5.41, 5.74) is 3.79. The fourth-order valence-corrected chi connectivity index (χ4v) is 3.44. The molecule has 0 saturated carbocycles. The van der Waals surface area contributed by atoms with Gasteiger partial charge in [0, 0.05) is 12.7 Å². The van der Waals surface area contributed by atoms with Crippen LogP contribution in [0.4, 0.5) is 5.69 Å². The molecular formula is C18H20N2O4S. The largest absolute Gasteiger partial charge is 0.477 e. The molecule has 2 rings (SSSR count). The molecule has 0 aliphatic heterocycles. The van der Waals surface area contributed by atoms with E-state index in [1.807, 2.05) is 32.9 Å². The number of carbonyl (C=O) groups is 3. The molecule has 0 aliphatic carbocycles. The van der Waals surface area contributed by atoms with Gasteiger partial charge in [-0.2, -0.15) is 0 Å². The molecule has 25 heavy (non-hydrogen) atoms. The predicted molar refractivity (Wildman–Crippen MR) is 97.5 cm³/mol. The molecule has 2 N–H and O–H groups in total. The van der Waals surface area contributed by atoms with Crippen molar-refractivity contribution in [2.45, 2.75) is 20.8 Å². The lowest BCUT2D eigenvalue weighted by Gasteiger charge is -2.18. The normalized spacial score (nSPS) is 10.4. The molecule has 1 aromatic heterocycles. The molecule has 0 atom stereocenters. The van der Waals surface area contributed by atoms with Gasteiger partial charge in [-0.15, -0.1) is 11.3 Å². The van der Waals surface area contributed by atoms with Crippen LogP contribution in [0.2, 0.25) is 0 Å². The van der Waals surface area contributed by atoms with Crippen molar-refractivity contribution in [3.63, 3.8) is 0 Å². The first kappa shape index (κ1) is 18.7. The van der Waals surface area contributed by atoms with Gasteiger partial charge in [0.15, 0.2) is 0 Å². The van der Waals surface area contributed by atoms with Crippen LogP contribution in [-0.4, -0.2) is 41.4 Å². The van der Waals surface area contributed by atoms with Crippen LogP contribution in [0.15, 0.2) is 24.3 Å². The molecule has 0 aliphatic rings. The molecule has 6 nitrogen and oxygen atoms in total. The number of thiophene rings is 1. The summed E-state index contributed by atoms with van der Waals surface area (Å²) in [6.07, 6.45) is 0. The highest BCUT2D eigenvalue weighted by atomic mass is 32.1. The first-order chi connectivity index (χ1) is 11.7. The van der Waals surface area contributed by atoms with Crippen molar-refractivity contribution in [1.29, 1.82) is 0 Å². The van der Waals surface area contributed by atoms with Gasteiger partial charge < -0.3 is 15.3 Å². The summed E-state index contributed by atoms with van der Waals surface area (Å²) in [7, 11) is 1.51. The van der Waals surface area contributed by atoms with Gasteiger partial charge in [0.2, 0.25) is 5.91 Å². The lowest BCUT2D eigenvalue weighted by atomic mass is 10.1. The Hall–Kier alpha value is -2.67. The van der Waals surface area contributed by atoms with E-state index < -0.39 is 5.97 Å². The van der Waals surface area contributed by atoms with Crippen molar-refractivity contribution in [3.05, 3.63) is 50.7 Å². The second-order valence-corrected chi connectivity index (χ2v) is 7.04. The fraction of sp³-hybridized carbons (Fsp3) is 0.278. The Bertz CT molecular complexity index is 818. The molecule has 0 radical (unpaired) electrons. The Labute approximate surface area is 150 Å². The second kappa shape index (κ2) is 7.48. The van der Waals surface area contributed by atoms with E-state index in [2.05, 4.69) is 5.32 Å². The first-order valence-electron chi connectivity index (χ1n) is 7.65. The van der Waals surface area contributed by atoms with E-state index >= 15 is 0 Å². The molecule has 0 fully saturated rings. The number of hydrogen-bond donors (Lipinski definition) is 2. The molecule has 2 amide bonds. The molecule has 7 heteroatoms. The Morgan fingerprint density at radius 1 is 1.08 bits per heavy atom. The van der Waals surface area contributed by atoms with E-state index in [0.29, 0.717) is 0 Å². The number of likely N-dealkylation sites (N-methyl/N-ethyl adjacent to an activating group) is 1. The van der Waals surface area contributed by atoms with Crippen molar-refractivity contribution in [1.82, 2.24) is 4.90 Å². The summed E-state index contributed by atoms with van der Waals surface area (Å²) in [4.78, 5) is 37.1. The maximum atomic E-state index is 12.3. The molecular weight excluding hydrogens is 340 g/mol. The predicted octanol–water partition coefficient (Wildman–Crippen LogP) is 3.08. The maximum absolute atomic E-state index is 12.3. The van der Waals surface area contributed by atoms with Crippen LogP contribution in [0.1, 0.15) is 36.0 Å². The van der Waals surface area contributed by atoms with Gasteiger partial charge in [-0.3, -0.25) is 9.59 Å². The highest BCUT2D eigenvalue weighted by Crippen LogP contribution is 2.22. The maximum Gasteiger partial charge on any atom is 0.345 e. The number of carbonyl (C=O) groups excluding carboxylic acids is 2. The number of anilines is 1. The van der Waals surface area contributed by atoms with E-state index in [9.17, 15) is 14.4 Å². The Morgan fingerprint density at radius 3 is 2.16 bits per heavy atom. The second-order valence-electron chi connectivity index (χ2n) is 5.95. The number of benzene rings is 1. The Balaban J connectivity index is 2.04. The zero-order valence-electron chi connectivity index (χ0n) is 14.5. The molecule has 132 valence electrons. The van der Waals surface area contributed by atoms with Crippen molar-refractivity contribution < 1.29 is 19.5 Å². The van der Waals surface area contributed by atoms with Crippen LogP contribution in [0, 0.1) is 20.8 Å². The number of carboxylic acids is 1. The minimum Gasteiger partial charge on any atom is -0.477 e. The van der Waals surface area contributed by atoms with E-state index in [4.69, 9.17) is 5.11 Å². The molecule has 1 aromatic carbocycles.